The van der Waals surface area contributed by atoms with Gasteiger partial charge in [-0.25, -0.2) is 9.59 Å². The Hall–Kier alpha value is -2.05. The smallest absolute Gasteiger partial charge is 0.329 e. The van der Waals surface area contributed by atoms with Crippen LogP contribution in [0.4, 0.5) is 4.79 Å². The summed E-state index contributed by atoms with van der Waals surface area (Å²) < 4.78 is 1.69. The summed E-state index contributed by atoms with van der Waals surface area (Å²) in [6.45, 7) is 3.80. The molecule has 1 rings (SSSR count). The summed E-state index contributed by atoms with van der Waals surface area (Å²) in [4.78, 5) is 22.9. The van der Waals surface area contributed by atoms with Gasteiger partial charge in [0.15, 0.2) is 0 Å². The number of hydrogen-bond donors (Lipinski definition) is 3. The fraction of sp³-hybridized carbons (Fsp3) is 0.615. The Morgan fingerprint density at radius 3 is 2.70 bits per heavy atom. The molecule has 2 amide bonds. The monoisotopic (exact) mass is 282 g/mol. The number of hydrogen-bond acceptors (Lipinski definition) is 3. The quantitative estimate of drug-likeness (QED) is 0.692. The SMILES string of the molecule is CCCC(C)(NC(=O)NCCc1ccn(C)n1)C(=O)O. The Balaban J connectivity index is 2.40. The molecule has 20 heavy (non-hydrogen) atoms. The van der Waals surface area contributed by atoms with Crippen molar-refractivity contribution in [2.75, 3.05) is 6.54 Å². The van der Waals surface area contributed by atoms with Crippen molar-refractivity contribution in [2.45, 2.75) is 38.6 Å². The molecule has 0 spiro atoms. The van der Waals surface area contributed by atoms with Crippen LogP contribution in [0, 0.1) is 0 Å². The number of carboxylic acids is 1. The zero-order valence-corrected chi connectivity index (χ0v) is 12.1. The van der Waals surface area contributed by atoms with Crippen LogP contribution in [0.15, 0.2) is 12.3 Å². The van der Waals surface area contributed by atoms with Gasteiger partial charge in [-0.2, -0.15) is 5.10 Å². The lowest BCUT2D eigenvalue weighted by molar-refractivity contribution is -0.144. The Morgan fingerprint density at radius 2 is 2.20 bits per heavy atom. The zero-order valence-electron chi connectivity index (χ0n) is 12.1. The lowest BCUT2D eigenvalue weighted by atomic mass is 9.97. The number of carboxylic acid groups (broad SMARTS) is 1. The molecule has 1 aromatic heterocycles. The third-order valence-electron chi connectivity index (χ3n) is 3.05. The molecule has 1 aromatic rings. The minimum absolute atomic E-state index is 0.385. The first-order chi connectivity index (χ1) is 9.37. The largest absolute Gasteiger partial charge is 0.480 e. The molecule has 112 valence electrons. The molecule has 3 N–H and O–H groups in total. The molecule has 0 saturated carbocycles. The number of nitrogens with zero attached hydrogens (tertiary/aromatic N) is 2. The lowest BCUT2D eigenvalue weighted by Gasteiger charge is -2.25. The molecule has 7 heteroatoms. The molecule has 0 aliphatic heterocycles. The number of aryl methyl sites for hydroxylation is 1. The summed E-state index contributed by atoms with van der Waals surface area (Å²) in [5.74, 6) is -1.03. The summed E-state index contributed by atoms with van der Waals surface area (Å²) in [6, 6.07) is 1.40. The van der Waals surface area contributed by atoms with Crippen LogP contribution >= 0.6 is 0 Å². The molecule has 0 aliphatic carbocycles. The third kappa shape index (κ3) is 4.56. The number of nitrogens with one attached hydrogen (secondary N) is 2. The summed E-state index contributed by atoms with van der Waals surface area (Å²) in [5.41, 5.74) is -0.355. The van der Waals surface area contributed by atoms with E-state index >= 15 is 0 Å². The molecule has 0 aromatic carbocycles. The van der Waals surface area contributed by atoms with Gasteiger partial charge < -0.3 is 15.7 Å². The summed E-state index contributed by atoms with van der Waals surface area (Å²) in [6.07, 6.45) is 3.50. The van der Waals surface area contributed by atoms with Crippen LogP contribution < -0.4 is 10.6 Å². The molecule has 7 nitrogen and oxygen atoms in total. The van der Waals surface area contributed by atoms with E-state index in [1.54, 1.807) is 4.68 Å². The van der Waals surface area contributed by atoms with Gasteiger partial charge in [0, 0.05) is 26.2 Å². The van der Waals surface area contributed by atoms with Gasteiger partial charge in [-0.15, -0.1) is 0 Å². The van der Waals surface area contributed by atoms with Crippen molar-refractivity contribution < 1.29 is 14.7 Å². The van der Waals surface area contributed by atoms with E-state index < -0.39 is 17.5 Å². The van der Waals surface area contributed by atoms with Gasteiger partial charge in [0.2, 0.25) is 0 Å². The standard InChI is InChI=1S/C13H22N4O3/c1-4-7-13(2,11(18)19)15-12(20)14-8-5-10-6-9-17(3)16-10/h6,9H,4-5,7-8H2,1-3H3,(H,18,19)(H2,14,15,20). The van der Waals surface area contributed by atoms with Gasteiger partial charge in [-0.05, 0) is 19.4 Å². The minimum atomic E-state index is -1.23. The fourth-order valence-corrected chi connectivity index (χ4v) is 1.92. The molecule has 0 bridgehead atoms. The van der Waals surface area contributed by atoms with Gasteiger partial charge in [-0.3, -0.25) is 4.68 Å². The minimum Gasteiger partial charge on any atom is -0.480 e. The Bertz CT molecular complexity index is 472. The first-order valence-electron chi connectivity index (χ1n) is 6.65. The molecule has 1 atom stereocenters. The average molecular weight is 282 g/mol. The van der Waals surface area contributed by atoms with E-state index in [-0.39, 0.29) is 0 Å². The Labute approximate surface area is 118 Å². The normalized spacial score (nSPS) is 13.6. The highest BCUT2D eigenvalue weighted by atomic mass is 16.4. The van der Waals surface area contributed by atoms with E-state index in [0.29, 0.717) is 25.8 Å². The van der Waals surface area contributed by atoms with Crippen LogP contribution in [-0.4, -0.2) is 39.0 Å². The Kier molecular flexibility index (Phi) is 5.54. The van der Waals surface area contributed by atoms with Crippen LogP contribution in [0.3, 0.4) is 0 Å². The summed E-state index contributed by atoms with van der Waals surface area (Å²) in [7, 11) is 1.83. The van der Waals surface area contributed by atoms with Crippen molar-refractivity contribution in [3.05, 3.63) is 18.0 Å². The molecule has 1 unspecified atom stereocenters. The van der Waals surface area contributed by atoms with Crippen LogP contribution in [-0.2, 0) is 18.3 Å². The maximum Gasteiger partial charge on any atom is 0.329 e. The van der Waals surface area contributed by atoms with E-state index in [1.807, 2.05) is 26.2 Å². The molecule has 0 aliphatic rings. The van der Waals surface area contributed by atoms with Crippen molar-refractivity contribution in [3.8, 4) is 0 Å². The molecular weight excluding hydrogens is 260 g/mol. The molecule has 1 heterocycles. The van der Waals surface area contributed by atoms with Crippen molar-refractivity contribution in [1.82, 2.24) is 20.4 Å². The molecular formula is C13H22N4O3. The second-order valence-electron chi connectivity index (χ2n) is 5.00. The molecule has 0 radical (unpaired) electrons. The van der Waals surface area contributed by atoms with E-state index in [4.69, 9.17) is 5.11 Å². The van der Waals surface area contributed by atoms with E-state index in [1.165, 1.54) is 6.92 Å². The highest BCUT2D eigenvalue weighted by molar-refractivity contribution is 5.85. The topological polar surface area (TPSA) is 96.3 Å². The molecule has 0 saturated heterocycles. The predicted octanol–water partition coefficient (Wildman–Crippen LogP) is 0.905. The van der Waals surface area contributed by atoms with Gasteiger partial charge >= 0.3 is 12.0 Å². The fourth-order valence-electron chi connectivity index (χ4n) is 1.92. The van der Waals surface area contributed by atoms with E-state index in [0.717, 1.165) is 5.69 Å². The summed E-state index contributed by atoms with van der Waals surface area (Å²) in [5, 5.41) is 18.5. The van der Waals surface area contributed by atoms with Crippen LogP contribution in [0.5, 0.6) is 0 Å². The predicted molar refractivity (Wildman–Crippen MR) is 74.4 cm³/mol. The highest BCUT2D eigenvalue weighted by Gasteiger charge is 2.33. The second-order valence-corrected chi connectivity index (χ2v) is 5.00. The number of rotatable bonds is 7. The number of urea groups is 1. The van der Waals surface area contributed by atoms with Crippen molar-refractivity contribution in [1.29, 1.82) is 0 Å². The summed E-state index contributed by atoms with van der Waals surface area (Å²) >= 11 is 0. The first-order valence-corrected chi connectivity index (χ1v) is 6.65. The number of carbonyl (C=O) groups is 2. The number of amides is 2. The van der Waals surface area contributed by atoms with Crippen LogP contribution in [0.2, 0.25) is 0 Å². The zero-order chi connectivity index (χ0) is 15.2. The van der Waals surface area contributed by atoms with Gasteiger partial charge in [0.1, 0.15) is 5.54 Å². The van der Waals surface area contributed by atoms with Gasteiger partial charge in [0.05, 0.1) is 5.69 Å². The van der Waals surface area contributed by atoms with E-state index in [2.05, 4.69) is 15.7 Å². The Morgan fingerprint density at radius 1 is 1.50 bits per heavy atom. The van der Waals surface area contributed by atoms with Crippen molar-refractivity contribution in [2.24, 2.45) is 7.05 Å². The maximum absolute atomic E-state index is 11.7. The number of aliphatic carboxylic acids is 1. The number of aromatic nitrogens is 2. The first kappa shape index (κ1) is 16.0. The maximum atomic E-state index is 11.7. The number of carbonyl (C=O) groups excluding carboxylic acids is 1. The third-order valence-corrected chi connectivity index (χ3v) is 3.05. The molecule has 0 fully saturated rings. The van der Waals surface area contributed by atoms with E-state index in [9.17, 15) is 9.59 Å². The average Bonchev–Trinajstić information content (AvgIpc) is 2.75. The lowest BCUT2D eigenvalue weighted by Crippen LogP contribution is -2.55. The van der Waals surface area contributed by atoms with Crippen LogP contribution in [0.1, 0.15) is 32.4 Å². The highest BCUT2D eigenvalue weighted by Crippen LogP contribution is 2.12. The van der Waals surface area contributed by atoms with Crippen LogP contribution in [0.25, 0.3) is 0 Å². The van der Waals surface area contributed by atoms with Gasteiger partial charge in [-0.1, -0.05) is 13.3 Å². The van der Waals surface area contributed by atoms with Gasteiger partial charge in [0.25, 0.3) is 0 Å². The second kappa shape index (κ2) is 6.93. The van der Waals surface area contributed by atoms with Crippen molar-refractivity contribution in [3.63, 3.8) is 0 Å². The van der Waals surface area contributed by atoms with Crippen molar-refractivity contribution >= 4 is 12.0 Å².